The van der Waals surface area contributed by atoms with Crippen molar-refractivity contribution in [2.24, 2.45) is 0 Å². The monoisotopic (exact) mass is 315 g/mol. The normalized spacial score (nSPS) is 10.6. The van der Waals surface area contributed by atoms with Gasteiger partial charge in [0, 0.05) is 5.56 Å². The molecule has 0 bridgehead atoms. The van der Waals surface area contributed by atoms with Crippen molar-refractivity contribution >= 4 is 17.8 Å². The molecule has 0 aliphatic carbocycles. The molecule has 5 heteroatoms. The van der Waals surface area contributed by atoms with Crippen molar-refractivity contribution in [1.29, 1.82) is 0 Å². The molecule has 0 aliphatic rings. The van der Waals surface area contributed by atoms with Crippen molar-refractivity contribution in [1.82, 2.24) is 0 Å². The Hall–Kier alpha value is -2.82. The summed E-state index contributed by atoms with van der Waals surface area (Å²) in [4.78, 5) is 0. The SMILES string of the molecule is COc1ccc(C=Cc2cc(OC)c(OC)c(OC)c2N)cc1. The van der Waals surface area contributed by atoms with Gasteiger partial charge in [-0.05, 0) is 23.8 Å². The van der Waals surface area contributed by atoms with E-state index < -0.39 is 0 Å². The zero-order valence-corrected chi connectivity index (χ0v) is 13.8. The van der Waals surface area contributed by atoms with Gasteiger partial charge >= 0.3 is 0 Å². The highest BCUT2D eigenvalue weighted by atomic mass is 16.5. The number of ether oxygens (including phenoxy) is 4. The molecule has 2 N–H and O–H groups in total. The molecule has 2 aromatic carbocycles. The van der Waals surface area contributed by atoms with Crippen molar-refractivity contribution < 1.29 is 18.9 Å². The maximum Gasteiger partial charge on any atom is 0.205 e. The Labute approximate surface area is 136 Å². The molecule has 2 rings (SSSR count). The van der Waals surface area contributed by atoms with Crippen LogP contribution in [0.25, 0.3) is 12.2 Å². The smallest absolute Gasteiger partial charge is 0.205 e. The van der Waals surface area contributed by atoms with Crippen LogP contribution in [-0.4, -0.2) is 28.4 Å². The zero-order chi connectivity index (χ0) is 16.8. The first-order chi connectivity index (χ1) is 11.1. The Morgan fingerprint density at radius 2 is 1.43 bits per heavy atom. The Bertz CT molecular complexity index is 693. The molecule has 0 aliphatic heterocycles. The van der Waals surface area contributed by atoms with E-state index in [0.717, 1.165) is 16.9 Å². The predicted molar refractivity (Wildman–Crippen MR) is 92.4 cm³/mol. The van der Waals surface area contributed by atoms with Gasteiger partial charge in [0.1, 0.15) is 5.75 Å². The van der Waals surface area contributed by atoms with Gasteiger partial charge in [0.25, 0.3) is 0 Å². The maximum absolute atomic E-state index is 6.17. The summed E-state index contributed by atoms with van der Waals surface area (Å²) in [5.41, 5.74) is 8.48. The molecule has 0 unspecified atom stereocenters. The van der Waals surface area contributed by atoms with Crippen LogP contribution in [-0.2, 0) is 0 Å². The van der Waals surface area contributed by atoms with Crippen LogP contribution in [0.2, 0.25) is 0 Å². The molecule has 5 nitrogen and oxygen atoms in total. The Kier molecular flexibility index (Phi) is 5.36. The van der Waals surface area contributed by atoms with Crippen molar-refractivity contribution in [3.05, 3.63) is 41.5 Å². The van der Waals surface area contributed by atoms with Crippen molar-refractivity contribution in [3.8, 4) is 23.0 Å². The van der Waals surface area contributed by atoms with Crippen molar-refractivity contribution in [2.75, 3.05) is 34.2 Å². The van der Waals surface area contributed by atoms with Crippen LogP contribution in [0.15, 0.2) is 30.3 Å². The third kappa shape index (κ3) is 3.51. The van der Waals surface area contributed by atoms with Crippen LogP contribution in [0.1, 0.15) is 11.1 Å². The first-order valence-corrected chi connectivity index (χ1v) is 7.05. The van der Waals surface area contributed by atoms with Crippen LogP contribution in [0.5, 0.6) is 23.0 Å². The average molecular weight is 315 g/mol. The van der Waals surface area contributed by atoms with Gasteiger partial charge in [-0.15, -0.1) is 0 Å². The van der Waals surface area contributed by atoms with Gasteiger partial charge < -0.3 is 24.7 Å². The molecule has 0 amide bonds. The van der Waals surface area contributed by atoms with Gasteiger partial charge in [0.05, 0.1) is 34.1 Å². The molecule has 23 heavy (non-hydrogen) atoms. The summed E-state index contributed by atoms with van der Waals surface area (Å²) in [5, 5.41) is 0. The lowest BCUT2D eigenvalue weighted by molar-refractivity contribution is 0.325. The second-order valence-electron chi connectivity index (χ2n) is 4.75. The van der Waals surface area contributed by atoms with Crippen LogP contribution >= 0.6 is 0 Å². The summed E-state index contributed by atoms with van der Waals surface area (Å²) in [7, 11) is 6.31. The lowest BCUT2D eigenvalue weighted by atomic mass is 10.1. The van der Waals surface area contributed by atoms with Crippen LogP contribution in [0.4, 0.5) is 5.69 Å². The molecule has 0 fully saturated rings. The lowest BCUT2D eigenvalue weighted by Gasteiger charge is -2.15. The number of hydrogen-bond donors (Lipinski definition) is 1. The third-order valence-corrected chi connectivity index (χ3v) is 3.47. The van der Waals surface area contributed by atoms with E-state index in [1.165, 1.54) is 0 Å². The molecular formula is C18H21NO4. The second-order valence-corrected chi connectivity index (χ2v) is 4.75. The minimum absolute atomic E-state index is 0.459. The number of nitrogens with two attached hydrogens (primary N) is 1. The van der Waals surface area contributed by atoms with E-state index in [2.05, 4.69) is 0 Å². The van der Waals surface area contributed by atoms with E-state index in [4.69, 9.17) is 24.7 Å². The minimum Gasteiger partial charge on any atom is -0.497 e. The number of benzene rings is 2. The number of anilines is 1. The fraction of sp³-hybridized carbons (Fsp3) is 0.222. The molecule has 0 radical (unpaired) electrons. The van der Waals surface area contributed by atoms with Gasteiger partial charge in [-0.25, -0.2) is 0 Å². The standard InChI is InChI=1S/C18H21NO4/c1-20-14-9-6-12(7-10-14)5-8-13-11-15(21-2)17(22-3)18(23-4)16(13)19/h5-11H,19H2,1-4H3. The molecule has 0 heterocycles. The van der Waals surface area contributed by atoms with Crippen LogP contribution in [0.3, 0.4) is 0 Å². The van der Waals surface area contributed by atoms with Crippen LogP contribution < -0.4 is 24.7 Å². The highest BCUT2D eigenvalue weighted by Gasteiger charge is 2.17. The summed E-state index contributed by atoms with van der Waals surface area (Å²) in [5.74, 6) is 2.32. The zero-order valence-electron chi connectivity index (χ0n) is 13.8. The highest BCUT2D eigenvalue weighted by molar-refractivity contribution is 5.82. The molecule has 0 spiro atoms. The molecule has 0 saturated heterocycles. The quantitative estimate of drug-likeness (QED) is 0.653. The average Bonchev–Trinajstić information content (AvgIpc) is 2.60. The predicted octanol–water partition coefficient (Wildman–Crippen LogP) is 3.47. The van der Waals surface area contributed by atoms with Crippen LogP contribution in [0, 0.1) is 0 Å². The van der Waals surface area contributed by atoms with E-state index in [1.807, 2.05) is 42.5 Å². The van der Waals surface area contributed by atoms with Gasteiger partial charge in [0.15, 0.2) is 11.5 Å². The third-order valence-electron chi connectivity index (χ3n) is 3.47. The number of hydrogen-bond acceptors (Lipinski definition) is 5. The summed E-state index contributed by atoms with van der Waals surface area (Å²) in [6.45, 7) is 0. The Morgan fingerprint density at radius 3 is 1.96 bits per heavy atom. The minimum atomic E-state index is 0.459. The first-order valence-electron chi connectivity index (χ1n) is 7.05. The number of nitrogen functional groups attached to an aromatic ring is 1. The van der Waals surface area contributed by atoms with Gasteiger partial charge in [0.2, 0.25) is 5.75 Å². The first kappa shape index (κ1) is 16.5. The summed E-state index contributed by atoms with van der Waals surface area (Å²) in [6, 6.07) is 9.54. The fourth-order valence-electron chi connectivity index (χ4n) is 2.24. The lowest BCUT2D eigenvalue weighted by Crippen LogP contribution is -2.01. The van der Waals surface area contributed by atoms with Gasteiger partial charge in [-0.2, -0.15) is 0 Å². The maximum atomic E-state index is 6.17. The number of methoxy groups -OCH3 is 4. The van der Waals surface area contributed by atoms with E-state index >= 15 is 0 Å². The van der Waals surface area contributed by atoms with E-state index in [-0.39, 0.29) is 0 Å². The summed E-state index contributed by atoms with van der Waals surface area (Å²) >= 11 is 0. The molecule has 2 aromatic rings. The largest absolute Gasteiger partial charge is 0.497 e. The second kappa shape index (κ2) is 7.45. The van der Waals surface area contributed by atoms with E-state index in [9.17, 15) is 0 Å². The Morgan fingerprint density at radius 1 is 0.783 bits per heavy atom. The topological polar surface area (TPSA) is 62.9 Å². The molecular weight excluding hydrogens is 294 g/mol. The molecule has 0 atom stereocenters. The fourth-order valence-corrected chi connectivity index (χ4v) is 2.24. The van der Waals surface area contributed by atoms with Crippen molar-refractivity contribution in [3.63, 3.8) is 0 Å². The molecule has 0 saturated carbocycles. The summed E-state index contributed by atoms with van der Waals surface area (Å²) in [6.07, 6.45) is 3.86. The Balaban J connectivity index is 2.40. The van der Waals surface area contributed by atoms with Gasteiger partial charge in [-0.1, -0.05) is 24.3 Å². The van der Waals surface area contributed by atoms with E-state index in [0.29, 0.717) is 22.9 Å². The highest BCUT2D eigenvalue weighted by Crippen LogP contribution is 2.44. The number of rotatable bonds is 6. The van der Waals surface area contributed by atoms with Crippen molar-refractivity contribution in [2.45, 2.75) is 0 Å². The van der Waals surface area contributed by atoms with E-state index in [1.54, 1.807) is 28.4 Å². The summed E-state index contributed by atoms with van der Waals surface area (Å²) < 4.78 is 21.2. The molecule has 0 aromatic heterocycles. The molecule has 122 valence electrons. The van der Waals surface area contributed by atoms with Gasteiger partial charge in [-0.3, -0.25) is 0 Å².